The lowest BCUT2D eigenvalue weighted by molar-refractivity contribution is 0.693. The van der Waals surface area contributed by atoms with Gasteiger partial charge in [0.15, 0.2) is 0 Å². The number of benzene rings is 2. The topological polar surface area (TPSA) is 26.0 Å². The van der Waals surface area contributed by atoms with E-state index in [0.29, 0.717) is 18.4 Å². The Morgan fingerprint density at radius 1 is 0.850 bits per heavy atom. The lowest BCUT2D eigenvalue weighted by Crippen LogP contribution is -2.15. The number of hydrogen-bond donors (Lipinski definition) is 1. The average molecular weight is 267 g/mol. The molecule has 1 heteroatoms. The number of aryl methyl sites for hydroxylation is 1. The fourth-order valence-corrected chi connectivity index (χ4v) is 2.50. The summed E-state index contributed by atoms with van der Waals surface area (Å²) in [6.07, 6.45) is 1.01. The van der Waals surface area contributed by atoms with Crippen molar-refractivity contribution in [2.24, 2.45) is 5.73 Å². The lowest BCUT2D eigenvalue weighted by atomic mass is 9.90. The summed E-state index contributed by atoms with van der Waals surface area (Å²) in [5.41, 5.74) is 11.4. The minimum absolute atomic E-state index is 0.403. The molecule has 0 saturated heterocycles. The van der Waals surface area contributed by atoms with Gasteiger partial charge in [0.2, 0.25) is 0 Å². The van der Waals surface area contributed by atoms with Gasteiger partial charge >= 0.3 is 0 Å². The number of rotatable bonds is 5. The molecule has 0 aliphatic rings. The predicted octanol–water partition coefficient (Wildman–Crippen LogP) is 4.40. The molecule has 2 N–H and O–H groups in total. The Hall–Kier alpha value is -1.60. The molecule has 0 saturated carbocycles. The third-order valence-electron chi connectivity index (χ3n) is 3.96. The van der Waals surface area contributed by atoms with Crippen molar-refractivity contribution >= 4 is 0 Å². The van der Waals surface area contributed by atoms with Crippen molar-refractivity contribution in [1.82, 2.24) is 0 Å². The highest BCUT2D eigenvalue weighted by Crippen LogP contribution is 2.22. The number of hydrogen-bond acceptors (Lipinski definition) is 1. The summed E-state index contributed by atoms with van der Waals surface area (Å²) in [6, 6.07) is 17.7. The van der Waals surface area contributed by atoms with Crippen LogP contribution in [0.15, 0.2) is 48.5 Å². The Kier molecular flexibility index (Phi) is 4.97. The van der Waals surface area contributed by atoms with E-state index in [-0.39, 0.29) is 0 Å². The molecule has 0 amide bonds. The Morgan fingerprint density at radius 2 is 1.40 bits per heavy atom. The van der Waals surface area contributed by atoms with Crippen LogP contribution in [0.4, 0.5) is 0 Å². The molecule has 2 aromatic carbocycles. The standard InChI is InChI=1S/C19H25N/c1-14(2)17-10-6-16(7-11-17)12-19(13-20)18-8-4-15(3)5-9-18/h4-11,14,19H,12-13,20H2,1-3H3. The summed E-state index contributed by atoms with van der Waals surface area (Å²) >= 11 is 0. The highest BCUT2D eigenvalue weighted by Gasteiger charge is 2.10. The van der Waals surface area contributed by atoms with E-state index in [1.54, 1.807) is 0 Å². The largest absolute Gasteiger partial charge is 0.330 e. The second-order valence-electron chi connectivity index (χ2n) is 5.94. The Morgan fingerprint density at radius 3 is 1.90 bits per heavy atom. The van der Waals surface area contributed by atoms with E-state index < -0.39 is 0 Å². The SMILES string of the molecule is Cc1ccc(C(CN)Cc2ccc(C(C)C)cc2)cc1. The van der Waals surface area contributed by atoms with Crippen molar-refractivity contribution in [3.8, 4) is 0 Å². The summed E-state index contributed by atoms with van der Waals surface area (Å²) < 4.78 is 0. The van der Waals surface area contributed by atoms with Gasteiger partial charge < -0.3 is 5.73 Å². The van der Waals surface area contributed by atoms with Gasteiger partial charge in [0.25, 0.3) is 0 Å². The normalized spacial score (nSPS) is 12.7. The highest BCUT2D eigenvalue weighted by atomic mass is 14.5. The molecular weight excluding hydrogens is 242 g/mol. The van der Waals surface area contributed by atoms with Crippen molar-refractivity contribution in [3.63, 3.8) is 0 Å². The summed E-state index contributed by atoms with van der Waals surface area (Å²) in [5.74, 6) is 0.993. The number of nitrogens with two attached hydrogens (primary N) is 1. The van der Waals surface area contributed by atoms with Crippen LogP contribution in [0.25, 0.3) is 0 Å². The van der Waals surface area contributed by atoms with Crippen LogP contribution in [0.2, 0.25) is 0 Å². The highest BCUT2D eigenvalue weighted by molar-refractivity contribution is 5.29. The zero-order valence-electron chi connectivity index (χ0n) is 12.8. The molecule has 0 aliphatic carbocycles. The van der Waals surface area contributed by atoms with Gasteiger partial charge in [-0.25, -0.2) is 0 Å². The van der Waals surface area contributed by atoms with Crippen LogP contribution in [0, 0.1) is 6.92 Å². The molecule has 106 valence electrons. The molecular formula is C19H25N. The van der Waals surface area contributed by atoms with Crippen molar-refractivity contribution in [2.75, 3.05) is 6.54 Å². The summed E-state index contributed by atoms with van der Waals surface area (Å²) in [5, 5.41) is 0. The monoisotopic (exact) mass is 267 g/mol. The molecule has 0 aliphatic heterocycles. The fourth-order valence-electron chi connectivity index (χ4n) is 2.50. The second kappa shape index (κ2) is 6.71. The van der Waals surface area contributed by atoms with Crippen LogP contribution in [-0.2, 0) is 6.42 Å². The predicted molar refractivity (Wildman–Crippen MR) is 87.2 cm³/mol. The molecule has 2 aromatic rings. The first-order chi connectivity index (χ1) is 9.60. The van der Waals surface area contributed by atoms with Gasteiger partial charge in [0, 0.05) is 5.92 Å². The van der Waals surface area contributed by atoms with Crippen LogP contribution in [0.3, 0.4) is 0 Å². The Labute approximate surface area is 122 Å². The Bertz CT molecular complexity index is 523. The van der Waals surface area contributed by atoms with Gasteiger partial charge in [-0.05, 0) is 42.5 Å². The quantitative estimate of drug-likeness (QED) is 0.853. The minimum Gasteiger partial charge on any atom is -0.330 e. The zero-order valence-corrected chi connectivity index (χ0v) is 12.8. The van der Waals surface area contributed by atoms with Crippen LogP contribution < -0.4 is 5.73 Å². The van der Waals surface area contributed by atoms with E-state index >= 15 is 0 Å². The molecule has 0 radical (unpaired) electrons. The van der Waals surface area contributed by atoms with E-state index in [1.165, 1.54) is 22.3 Å². The fraction of sp³-hybridized carbons (Fsp3) is 0.368. The minimum atomic E-state index is 0.403. The van der Waals surface area contributed by atoms with Gasteiger partial charge in [-0.15, -0.1) is 0 Å². The van der Waals surface area contributed by atoms with Crippen molar-refractivity contribution in [2.45, 2.75) is 39.0 Å². The first-order valence-corrected chi connectivity index (χ1v) is 7.45. The zero-order chi connectivity index (χ0) is 14.5. The van der Waals surface area contributed by atoms with Gasteiger partial charge in [0.1, 0.15) is 0 Å². The van der Waals surface area contributed by atoms with Crippen LogP contribution in [0.5, 0.6) is 0 Å². The average Bonchev–Trinajstić information content (AvgIpc) is 2.46. The van der Waals surface area contributed by atoms with Crippen molar-refractivity contribution < 1.29 is 0 Å². The molecule has 1 atom stereocenters. The smallest absolute Gasteiger partial charge is 0.000157 e. The lowest BCUT2D eigenvalue weighted by Gasteiger charge is -2.16. The molecule has 1 unspecified atom stereocenters. The Balaban J connectivity index is 2.11. The van der Waals surface area contributed by atoms with E-state index in [9.17, 15) is 0 Å². The molecule has 0 bridgehead atoms. The van der Waals surface area contributed by atoms with Gasteiger partial charge in [-0.2, -0.15) is 0 Å². The summed E-state index contributed by atoms with van der Waals surface area (Å²) in [4.78, 5) is 0. The third kappa shape index (κ3) is 3.71. The molecule has 0 spiro atoms. The van der Waals surface area contributed by atoms with Gasteiger partial charge in [-0.1, -0.05) is 67.9 Å². The van der Waals surface area contributed by atoms with Crippen molar-refractivity contribution in [1.29, 1.82) is 0 Å². The summed E-state index contributed by atoms with van der Waals surface area (Å²) in [6.45, 7) is 7.26. The van der Waals surface area contributed by atoms with E-state index in [0.717, 1.165) is 6.42 Å². The van der Waals surface area contributed by atoms with Crippen LogP contribution in [-0.4, -0.2) is 6.54 Å². The molecule has 1 nitrogen and oxygen atoms in total. The maximum Gasteiger partial charge on any atom is 0.000157 e. The maximum atomic E-state index is 5.97. The first-order valence-electron chi connectivity index (χ1n) is 7.45. The molecule has 2 rings (SSSR count). The maximum absolute atomic E-state index is 5.97. The van der Waals surface area contributed by atoms with Crippen LogP contribution in [0.1, 0.15) is 47.9 Å². The van der Waals surface area contributed by atoms with E-state index in [4.69, 9.17) is 5.73 Å². The molecule has 0 fully saturated rings. The van der Waals surface area contributed by atoms with E-state index in [1.807, 2.05) is 0 Å². The third-order valence-corrected chi connectivity index (χ3v) is 3.96. The van der Waals surface area contributed by atoms with Crippen LogP contribution >= 0.6 is 0 Å². The summed E-state index contributed by atoms with van der Waals surface area (Å²) in [7, 11) is 0. The second-order valence-corrected chi connectivity index (χ2v) is 5.94. The van der Waals surface area contributed by atoms with Gasteiger partial charge in [-0.3, -0.25) is 0 Å². The first kappa shape index (κ1) is 14.8. The molecule has 0 aromatic heterocycles. The van der Waals surface area contributed by atoms with E-state index in [2.05, 4.69) is 69.3 Å². The molecule has 0 heterocycles. The van der Waals surface area contributed by atoms with Crippen molar-refractivity contribution in [3.05, 3.63) is 70.8 Å². The molecule has 20 heavy (non-hydrogen) atoms. The van der Waals surface area contributed by atoms with Gasteiger partial charge in [0.05, 0.1) is 0 Å².